The molecule has 0 aliphatic carbocycles. The van der Waals surface area contributed by atoms with Crippen LogP contribution in [-0.4, -0.2) is 33.2 Å². The van der Waals surface area contributed by atoms with Crippen molar-refractivity contribution in [3.8, 4) is 0 Å². The van der Waals surface area contributed by atoms with Gasteiger partial charge in [0.2, 0.25) is 15.9 Å². The van der Waals surface area contributed by atoms with Crippen LogP contribution >= 0.6 is 0 Å². The minimum atomic E-state index is -3.24. The molecule has 0 saturated heterocycles. The lowest BCUT2D eigenvalue weighted by Crippen LogP contribution is -2.31. The van der Waals surface area contributed by atoms with Gasteiger partial charge in [-0.05, 0) is 18.4 Å². The van der Waals surface area contributed by atoms with Crippen molar-refractivity contribution < 1.29 is 13.2 Å². The molecule has 0 aromatic heterocycles. The summed E-state index contributed by atoms with van der Waals surface area (Å²) in [5.41, 5.74) is 1.01. The maximum atomic E-state index is 11.7. The van der Waals surface area contributed by atoms with E-state index in [9.17, 15) is 13.2 Å². The molecule has 19 heavy (non-hydrogen) atoms. The first-order valence-corrected chi connectivity index (χ1v) is 7.90. The number of amides is 1. The van der Waals surface area contributed by atoms with E-state index in [1.54, 1.807) is 0 Å². The normalized spacial score (nSPS) is 11.2. The second-order valence-electron chi connectivity index (χ2n) is 4.29. The highest BCUT2D eigenvalue weighted by molar-refractivity contribution is 7.89. The van der Waals surface area contributed by atoms with Gasteiger partial charge in [-0.1, -0.05) is 30.3 Å². The molecule has 1 aromatic carbocycles. The van der Waals surface area contributed by atoms with Crippen molar-refractivity contribution in [1.82, 2.24) is 10.0 Å². The fourth-order valence-corrected chi connectivity index (χ4v) is 2.65. The molecule has 1 aromatic rings. The molecular weight excluding hydrogens is 264 g/mol. The molecule has 0 fully saturated rings. The second-order valence-corrected chi connectivity index (χ2v) is 6.21. The zero-order valence-electron chi connectivity index (χ0n) is 11.1. The van der Waals surface area contributed by atoms with E-state index in [4.69, 9.17) is 0 Å². The van der Waals surface area contributed by atoms with E-state index >= 15 is 0 Å². The second kappa shape index (κ2) is 7.91. The zero-order chi connectivity index (χ0) is 14.1. The van der Waals surface area contributed by atoms with Crippen LogP contribution in [-0.2, 0) is 21.2 Å². The number of hydrogen-bond donors (Lipinski definition) is 2. The van der Waals surface area contributed by atoms with Crippen LogP contribution in [0, 0.1) is 0 Å². The summed E-state index contributed by atoms with van der Waals surface area (Å²) in [6.07, 6.45) is 1.09. The first kappa shape index (κ1) is 15.7. The van der Waals surface area contributed by atoms with Gasteiger partial charge in [0.1, 0.15) is 0 Å². The van der Waals surface area contributed by atoms with Gasteiger partial charge in [0.05, 0.1) is 5.75 Å². The Hall–Kier alpha value is -1.40. The fourth-order valence-electron chi connectivity index (χ4n) is 1.55. The molecule has 0 aliphatic rings. The number of carbonyl (C=O) groups excluding carboxylic acids is 1. The molecular formula is C13H20N2O3S. The van der Waals surface area contributed by atoms with Gasteiger partial charge in [0, 0.05) is 20.0 Å². The van der Waals surface area contributed by atoms with Crippen LogP contribution < -0.4 is 10.0 Å². The minimum absolute atomic E-state index is 0.0805. The van der Waals surface area contributed by atoms with Crippen LogP contribution in [0.4, 0.5) is 0 Å². The number of nitrogens with one attached hydrogen (secondary N) is 2. The lowest BCUT2D eigenvalue weighted by Gasteiger charge is -2.07. The Bertz CT molecular complexity index is 486. The van der Waals surface area contributed by atoms with E-state index in [2.05, 4.69) is 10.0 Å². The molecule has 6 heteroatoms. The first-order valence-electron chi connectivity index (χ1n) is 6.25. The minimum Gasteiger partial charge on any atom is -0.356 e. The van der Waals surface area contributed by atoms with Crippen LogP contribution in [0.2, 0.25) is 0 Å². The van der Waals surface area contributed by atoms with Crippen molar-refractivity contribution in [1.29, 1.82) is 0 Å². The van der Waals surface area contributed by atoms with Gasteiger partial charge in [0.25, 0.3) is 0 Å². The molecule has 0 spiro atoms. The number of aryl methyl sites for hydroxylation is 1. The summed E-state index contributed by atoms with van der Waals surface area (Å²) in [6, 6.07) is 9.50. The first-order chi connectivity index (χ1) is 8.99. The Morgan fingerprint density at radius 1 is 1.16 bits per heavy atom. The Morgan fingerprint density at radius 3 is 2.47 bits per heavy atom. The zero-order valence-corrected chi connectivity index (χ0v) is 11.9. The Morgan fingerprint density at radius 2 is 1.84 bits per heavy atom. The van der Waals surface area contributed by atoms with E-state index < -0.39 is 10.0 Å². The number of hydrogen-bond acceptors (Lipinski definition) is 3. The van der Waals surface area contributed by atoms with E-state index in [1.165, 1.54) is 6.92 Å². The molecule has 5 nitrogen and oxygen atoms in total. The lowest BCUT2D eigenvalue weighted by molar-refractivity contribution is -0.118. The van der Waals surface area contributed by atoms with E-state index in [0.29, 0.717) is 25.9 Å². The highest BCUT2D eigenvalue weighted by Crippen LogP contribution is 2.01. The summed E-state index contributed by atoms with van der Waals surface area (Å²) >= 11 is 0. The van der Waals surface area contributed by atoms with Gasteiger partial charge in [-0.25, -0.2) is 13.1 Å². The molecule has 106 valence electrons. The summed E-state index contributed by atoms with van der Waals surface area (Å²) in [4.78, 5) is 10.6. The Kier molecular flexibility index (Phi) is 6.52. The van der Waals surface area contributed by atoms with Gasteiger partial charge in [-0.2, -0.15) is 0 Å². The molecule has 0 radical (unpaired) electrons. The molecule has 0 saturated carbocycles. The van der Waals surface area contributed by atoms with Gasteiger partial charge >= 0.3 is 0 Å². The van der Waals surface area contributed by atoms with Crippen LogP contribution in [0.25, 0.3) is 0 Å². The molecule has 0 unspecified atom stereocenters. The third-order valence-corrected chi connectivity index (χ3v) is 3.94. The summed E-state index contributed by atoms with van der Waals surface area (Å²) in [5, 5.41) is 2.62. The molecule has 2 N–H and O–H groups in total. The average Bonchev–Trinajstić information content (AvgIpc) is 2.37. The van der Waals surface area contributed by atoms with Gasteiger partial charge < -0.3 is 5.32 Å². The van der Waals surface area contributed by atoms with Gasteiger partial charge in [0.15, 0.2) is 0 Å². The van der Waals surface area contributed by atoms with E-state index in [1.807, 2.05) is 30.3 Å². The predicted molar refractivity (Wildman–Crippen MR) is 75.2 cm³/mol. The fraction of sp³-hybridized carbons (Fsp3) is 0.462. The summed E-state index contributed by atoms with van der Waals surface area (Å²) in [7, 11) is -3.24. The van der Waals surface area contributed by atoms with E-state index in [0.717, 1.165) is 5.56 Å². The largest absolute Gasteiger partial charge is 0.356 e. The van der Waals surface area contributed by atoms with Crippen molar-refractivity contribution in [3.63, 3.8) is 0 Å². The Labute approximate surface area is 114 Å². The van der Waals surface area contributed by atoms with Crippen LogP contribution in [0.3, 0.4) is 0 Å². The van der Waals surface area contributed by atoms with Crippen molar-refractivity contribution in [3.05, 3.63) is 35.9 Å². The maximum absolute atomic E-state index is 11.7. The smallest absolute Gasteiger partial charge is 0.216 e. The standard InChI is InChI=1S/C13H20N2O3S/c1-12(16)14-9-5-10-15-19(17,18)11-8-13-6-3-2-4-7-13/h2-4,6-7,15H,5,8-11H2,1H3,(H,14,16). The van der Waals surface area contributed by atoms with Crippen molar-refractivity contribution in [2.75, 3.05) is 18.8 Å². The topological polar surface area (TPSA) is 75.3 Å². The average molecular weight is 284 g/mol. The summed E-state index contributed by atoms with van der Waals surface area (Å²) in [6.45, 7) is 2.26. The van der Waals surface area contributed by atoms with Crippen molar-refractivity contribution in [2.24, 2.45) is 0 Å². The third kappa shape index (κ3) is 7.58. The van der Waals surface area contributed by atoms with E-state index in [-0.39, 0.29) is 11.7 Å². The highest BCUT2D eigenvalue weighted by atomic mass is 32.2. The molecule has 0 atom stereocenters. The molecule has 1 rings (SSSR count). The highest BCUT2D eigenvalue weighted by Gasteiger charge is 2.09. The molecule has 0 aliphatic heterocycles. The van der Waals surface area contributed by atoms with Crippen molar-refractivity contribution >= 4 is 15.9 Å². The molecule has 1 amide bonds. The number of carbonyl (C=O) groups is 1. The van der Waals surface area contributed by atoms with Crippen LogP contribution in [0.1, 0.15) is 18.9 Å². The van der Waals surface area contributed by atoms with Gasteiger partial charge in [-0.15, -0.1) is 0 Å². The number of benzene rings is 1. The quantitative estimate of drug-likeness (QED) is 0.689. The monoisotopic (exact) mass is 284 g/mol. The molecule has 0 bridgehead atoms. The lowest BCUT2D eigenvalue weighted by atomic mass is 10.2. The number of sulfonamides is 1. The Balaban J connectivity index is 2.23. The van der Waals surface area contributed by atoms with Crippen molar-refractivity contribution in [2.45, 2.75) is 19.8 Å². The summed E-state index contributed by atoms with van der Waals surface area (Å²) in [5.74, 6) is -0.0242. The SMILES string of the molecule is CC(=O)NCCCNS(=O)(=O)CCc1ccccc1. The summed E-state index contributed by atoms with van der Waals surface area (Å²) < 4.78 is 25.9. The molecule has 0 heterocycles. The third-order valence-electron chi connectivity index (χ3n) is 2.55. The van der Waals surface area contributed by atoms with Crippen LogP contribution in [0.5, 0.6) is 0 Å². The maximum Gasteiger partial charge on any atom is 0.216 e. The predicted octanol–water partition coefficient (Wildman–Crippen LogP) is 0.675. The number of rotatable bonds is 8. The van der Waals surface area contributed by atoms with Gasteiger partial charge in [-0.3, -0.25) is 4.79 Å². The van der Waals surface area contributed by atoms with Crippen LogP contribution in [0.15, 0.2) is 30.3 Å².